The van der Waals surface area contributed by atoms with Gasteiger partial charge in [0, 0.05) is 34.3 Å². The third kappa shape index (κ3) is 14.1. The van der Waals surface area contributed by atoms with Crippen molar-refractivity contribution in [1.29, 1.82) is 0 Å². The van der Waals surface area contributed by atoms with Gasteiger partial charge in [-0.1, -0.05) is 152 Å². The maximum Gasteiger partial charge on any atom is 0.342 e. The Balaban J connectivity index is 0.000000229. The average molecular weight is 1000 g/mol. The topological polar surface area (TPSA) is 157 Å². The molecule has 7 aromatic carbocycles. The first kappa shape index (κ1) is 49.5. The summed E-state index contributed by atoms with van der Waals surface area (Å²) in [6.45, 7) is 2.95. The Morgan fingerprint density at radius 3 is 1.49 bits per heavy atom. The number of nitrogens with one attached hydrogen (secondary N) is 1. The van der Waals surface area contributed by atoms with Crippen molar-refractivity contribution in [2.45, 2.75) is 39.9 Å². The van der Waals surface area contributed by atoms with Crippen molar-refractivity contribution in [1.82, 2.24) is 9.78 Å². The molecule has 0 atom stereocenters. The van der Waals surface area contributed by atoms with Crippen LogP contribution in [0.5, 0.6) is 23.0 Å². The zero-order valence-electron chi connectivity index (χ0n) is 38.5. The molecule has 8 rings (SSSR count). The monoisotopic (exact) mass is 1000 g/mol. The Labute approximate surface area is 414 Å². The van der Waals surface area contributed by atoms with Crippen LogP contribution in [-0.2, 0) is 47.2 Å². The van der Waals surface area contributed by atoms with Gasteiger partial charge in [-0.3, -0.25) is 4.79 Å². The molecular weight excluding hydrogens is 955 g/mol. The maximum absolute atomic E-state index is 12.7. The van der Waals surface area contributed by atoms with Crippen LogP contribution in [0.4, 0.5) is 11.5 Å². The van der Waals surface area contributed by atoms with Gasteiger partial charge in [-0.25, -0.2) is 14.3 Å². The molecule has 70 heavy (non-hydrogen) atoms. The molecule has 0 saturated carbocycles. The van der Waals surface area contributed by atoms with E-state index in [1.165, 1.54) is 11.8 Å². The second kappa shape index (κ2) is 25.1. The first-order valence-electron chi connectivity index (χ1n) is 22.2. The van der Waals surface area contributed by atoms with E-state index in [9.17, 15) is 19.5 Å². The van der Waals surface area contributed by atoms with E-state index in [1.54, 1.807) is 37.3 Å². The number of ether oxygens (including phenoxy) is 6. The molecule has 0 unspecified atom stereocenters. The molecule has 2 N–H and O–H groups in total. The fraction of sp³-hybridized carbons (Fsp3) is 0.143. The van der Waals surface area contributed by atoms with Gasteiger partial charge in [0.15, 0.2) is 0 Å². The van der Waals surface area contributed by atoms with Gasteiger partial charge in [-0.2, -0.15) is 5.10 Å². The molecule has 0 aliphatic heterocycles. The van der Waals surface area contributed by atoms with Crippen molar-refractivity contribution >= 4 is 45.3 Å². The van der Waals surface area contributed by atoms with Gasteiger partial charge in [0.2, 0.25) is 0 Å². The van der Waals surface area contributed by atoms with Crippen LogP contribution in [0.3, 0.4) is 0 Å². The van der Waals surface area contributed by atoms with E-state index in [2.05, 4.69) is 26.3 Å². The van der Waals surface area contributed by atoms with Crippen LogP contribution < -0.4 is 24.3 Å². The quantitative estimate of drug-likeness (QED) is 0.0698. The number of anilines is 2. The minimum atomic E-state index is -1.19. The van der Waals surface area contributed by atoms with Crippen LogP contribution in [-0.4, -0.2) is 46.5 Å². The highest BCUT2D eigenvalue weighted by Gasteiger charge is 2.23. The Morgan fingerprint density at radius 1 is 0.586 bits per heavy atom. The molecule has 8 aromatic rings. The molecule has 0 radical (unpaired) electrons. The number of nitrogens with zero attached hydrogens (tertiary/aromatic N) is 2. The highest BCUT2D eigenvalue weighted by molar-refractivity contribution is 9.10. The third-order valence-corrected chi connectivity index (χ3v) is 11.0. The van der Waals surface area contributed by atoms with E-state index in [4.69, 9.17) is 28.4 Å². The number of hydrogen-bond acceptors (Lipinski definition) is 11. The summed E-state index contributed by atoms with van der Waals surface area (Å²) in [5.74, 6) is -0.213. The molecule has 356 valence electrons. The van der Waals surface area contributed by atoms with Gasteiger partial charge in [0.05, 0.1) is 25.1 Å². The lowest BCUT2D eigenvalue weighted by Gasteiger charge is -2.18. The SMILES string of the molecule is CCOC(=O)Cn1nc(-c2ccccc2)cc1Nc1cc(OCc2ccccc2)cc(OCc2ccccc2)c1C(=O)O.COC(=O)c1c(Br)cc(OCc2ccccc2)cc1OCc1ccccc1. The number of carboxylic acids is 1. The van der Waals surface area contributed by atoms with E-state index in [0.717, 1.165) is 27.8 Å². The molecule has 0 bridgehead atoms. The summed E-state index contributed by atoms with van der Waals surface area (Å²) in [6, 6.07) is 56.6. The summed E-state index contributed by atoms with van der Waals surface area (Å²) in [5, 5.41) is 18.1. The lowest BCUT2D eigenvalue weighted by molar-refractivity contribution is -0.144. The van der Waals surface area contributed by atoms with E-state index < -0.39 is 17.9 Å². The summed E-state index contributed by atoms with van der Waals surface area (Å²) in [5.41, 5.74) is 5.77. The lowest BCUT2D eigenvalue weighted by atomic mass is 10.1. The highest BCUT2D eigenvalue weighted by atomic mass is 79.9. The van der Waals surface area contributed by atoms with Crippen LogP contribution in [0.2, 0.25) is 0 Å². The first-order chi connectivity index (χ1) is 34.2. The number of hydrogen-bond donors (Lipinski definition) is 2. The Morgan fingerprint density at radius 2 is 1.03 bits per heavy atom. The highest BCUT2D eigenvalue weighted by Crippen LogP contribution is 2.37. The first-order valence-corrected chi connectivity index (χ1v) is 23.0. The zero-order chi connectivity index (χ0) is 49.1. The molecule has 1 heterocycles. The standard InChI is InChI=1S/C34H31N3O6.C22H19BrO4/c1-2-41-32(38)21-37-31(20-28(36-37)26-16-10-5-11-17-26)35-29-18-27(42-22-24-12-6-3-7-13-24)19-30(33(29)34(39)40)43-23-25-14-8-4-9-15-25;1-25-22(24)21-19(23)12-18(26-14-16-8-4-2-5-9-16)13-20(21)27-15-17-10-6-3-7-11-17/h3-20,35H,2,21-23H2,1H3,(H,39,40);2-13H,14-15H2,1H3. The van der Waals surface area contributed by atoms with Crippen molar-refractivity contribution < 1.29 is 47.9 Å². The largest absolute Gasteiger partial charge is 0.489 e. The van der Waals surface area contributed by atoms with Crippen molar-refractivity contribution in [2.75, 3.05) is 19.0 Å². The number of esters is 2. The number of aromatic nitrogens is 2. The van der Waals surface area contributed by atoms with Gasteiger partial charge in [0.1, 0.15) is 72.9 Å². The van der Waals surface area contributed by atoms with E-state index >= 15 is 0 Å². The van der Waals surface area contributed by atoms with Crippen LogP contribution in [0.1, 0.15) is 49.9 Å². The number of rotatable bonds is 20. The molecule has 0 aliphatic carbocycles. The van der Waals surface area contributed by atoms with E-state index in [1.807, 2.05) is 152 Å². The number of benzene rings is 7. The van der Waals surface area contributed by atoms with Gasteiger partial charge in [-0.05, 0) is 51.2 Å². The number of aromatic carboxylic acids is 1. The molecular formula is C56H50BrN3O10. The predicted octanol–water partition coefficient (Wildman–Crippen LogP) is 12.1. The van der Waals surface area contributed by atoms with Crippen LogP contribution in [0, 0.1) is 0 Å². The number of methoxy groups -OCH3 is 1. The molecule has 0 spiro atoms. The third-order valence-electron chi connectivity index (χ3n) is 10.4. The number of carbonyl (C=O) groups excluding carboxylic acids is 2. The van der Waals surface area contributed by atoms with Crippen LogP contribution in [0.25, 0.3) is 11.3 Å². The average Bonchev–Trinajstić information content (AvgIpc) is 3.78. The lowest BCUT2D eigenvalue weighted by Crippen LogP contribution is -2.16. The number of carboxylic acid groups (broad SMARTS) is 1. The maximum atomic E-state index is 12.7. The fourth-order valence-corrected chi connectivity index (χ4v) is 7.55. The fourth-order valence-electron chi connectivity index (χ4n) is 6.97. The van der Waals surface area contributed by atoms with Gasteiger partial charge in [0.25, 0.3) is 0 Å². The van der Waals surface area contributed by atoms with Gasteiger partial charge < -0.3 is 38.8 Å². The predicted molar refractivity (Wildman–Crippen MR) is 270 cm³/mol. The molecule has 0 amide bonds. The van der Waals surface area contributed by atoms with Crippen molar-refractivity contribution in [3.8, 4) is 34.3 Å². The summed E-state index contributed by atoms with van der Waals surface area (Å²) in [4.78, 5) is 37.3. The molecule has 13 nitrogen and oxygen atoms in total. The van der Waals surface area contributed by atoms with Crippen LogP contribution in [0.15, 0.2) is 186 Å². The molecule has 0 aliphatic rings. The summed E-state index contributed by atoms with van der Waals surface area (Å²) >= 11 is 3.43. The van der Waals surface area contributed by atoms with Crippen molar-refractivity contribution in [3.63, 3.8) is 0 Å². The van der Waals surface area contributed by atoms with Crippen LogP contribution >= 0.6 is 15.9 Å². The molecule has 14 heteroatoms. The second-order valence-electron chi connectivity index (χ2n) is 15.4. The van der Waals surface area contributed by atoms with Gasteiger partial charge in [-0.15, -0.1) is 0 Å². The van der Waals surface area contributed by atoms with E-state index in [-0.39, 0.29) is 43.4 Å². The van der Waals surface area contributed by atoms with Gasteiger partial charge >= 0.3 is 17.9 Å². The molecule has 0 saturated heterocycles. The molecule has 0 fully saturated rings. The second-order valence-corrected chi connectivity index (χ2v) is 16.2. The van der Waals surface area contributed by atoms with E-state index in [0.29, 0.717) is 52.0 Å². The normalized spacial score (nSPS) is 10.5. The van der Waals surface area contributed by atoms with Crippen molar-refractivity contribution in [2.24, 2.45) is 0 Å². The van der Waals surface area contributed by atoms with Crippen molar-refractivity contribution in [3.05, 3.63) is 220 Å². The zero-order valence-corrected chi connectivity index (χ0v) is 40.0. The minimum Gasteiger partial charge on any atom is -0.489 e. The summed E-state index contributed by atoms with van der Waals surface area (Å²) in [7, 11) is 1.34. The Hall–Kier alpha value is -8.36. The minimum absolute atomic E-state index is 0.0897. The summed E-state index contributed by atoms with van der Waals surface area (Å²) < 4.78 is 36.0. The Kier molecular flexibility index (Phi) is 17.8. The number of carbonyl (C=O) groups is 3. The number of halogens is 1. The Bertz CT molecular complexity index is 2960. The molecule has 1 aromatic heterocycles. The smallest absolute Gasteiger partial charge is 0.342 e. The summed E-state index contributed by atoms with van der Waals surface area (Å²) in [6.07, 6.45) is 0.